The molecule has 176 valence electrons. The molecule has 1 saturated carbocycles. The summed E-state index contributed by atoms with van der Waals surface area (Å²) in [5, 5.41) is 0. The van der Waals surface area contributed by atoms with Crippen molar-refractivity contribution in [2.45, 2.75) is 117 Å². The van der Waals surface area contributed by atoms with Gasteiger partial charge in [0.05, 0.1) is 5.69 Å². The second kappa shape index (κ2) is 14.5. The number of hydrogen-bond donors (Lipinski definition) is 0. The van der Waals surface area contributed by atoms with Crippen LogP contribution in [0.2, 0.25) is 0 Å². The molecule has 0 N–H and O–H groups in total. The van der Waals surface area contributed by atoms with Gasteiger partial charge in [0.15, 0.2) is 0 Å². The maximum absolute atomic E-state index is 4.71. The van der Waals surface area contributed by atoms with Crippen LogP contribution in [0.4, 0.5) is 0 Å². The standard InChI is InChI=1S/C31H47N/c1-3-5-7-11-26-15-17-27(18-16-26)12-9-10-13-28-19-22-30(23-20-28)31-24-21-29(25-32-31)14-8-6-4-2/h19-27H,3-18H2,1-2H3. The van der Waals surface area contributed by atoms with Gasteiger partial charge in [-0.15, -0.1) is 0 Å². The molecule has 1 heterocycles. The fourth-order valence-electron chi connectivity index (χ4n) is 5.42. The number of rotatable bonds is 14. The minimum Gasteiger partial charge on any atom is -0.256 e. The molecule has 0 atom stereocenters. The van der Waals surface area contributed by atoms with Crippen LogP contribution in [0.1, 0.15) is 115 Å². The molecule has 2 aromatic rings. The van der Waals surface area contributed by atoms with Crippen molar-refractivity contribution < 1.29 is 0 Å². The van der Waals surface area contributed by atoms with Gasteiger partial charge in [-0.25, -0.2) is 0 Å². The molecule has 0 aliphatic heterocycles. The van der Waals surface area contributed by atoms with Crippen LogP contribution >= 0.6 is 0 Å². The van der Waals surface area contributed by atoms with E-state index in [0.717, 1.165) is 24.0 Å². The first-order valence-corrected chi connectivity index (χ1v) is 13.8. The van der Waals surface area contributed by atoms with Gasteiger partial charge in [-0.3, -0.25) is 4.98 Å². The fraction of sp³-hybridized carbons (Fsp3) is 0.645. The van der Waals surface area contributed by atoms with Crippen LogP contribution < -0.4 is 0 Å². The smallest absolute Gasteiger partial charge is 0.0702 e. The van der Waals surface area contributed by atoms with Gasteiger partial charge in [0.25, 0.3) is 0 Å². The lowest BCUT2D eigenvalue weighted by atomic mass is 9.78. The molecule has 1 fully saturated rings. The van der Waals surface area contributed by atoms with Crippen molar-refractivity contribution in [1.29, 1.82) is 0 Å². The molecule has 1 heteroatoms. The molecule has 1 aliphatic carbocycles. The molecule has 1 aromatic heterocycles. The van der Waals surface area contributed by atoms with Gasteiger partial charge < -0.3 is 0 Å². The van der Waals surface area contributed by atoms with Crippen molar-refractivity contribution in [3.05, 3.63) is 53.7 Å². The van der Waals surface area contributed by atoms with Gasteiger partial charge in [-0.2, -0.15) is 0 Å². The van der Waals surface area contributed by atoms with Crippen LogP contribution in [-0.4, -0.2) is 4.98 Å². The number of nitrogens with zero attached hydrogens (tertiary/aromatic N) is 1. The van der Waals surface area contributed by atoms with Crippen LogP contribution in [-0.2, 0) is 12.8 Å². The Bertz CT molecular complexity index is 722. The summed E-state index contributed by atoms with van der Waals surface area (Å²) >= 11 is 0. The van der Waals surface area contributed by atoms with Gasteiger partial charge >= 0.3 is 0 Å². The van der Waals surface area contributed by atoms with Crippen LogP contribution in [0.5, 0.6) is 0 Å². The molecule has 3 rings (SSSR count). The quantitative estimate of drug-likeness (QED) is 0.270. The predicted molar refractivity (Wildman–Crippen MR) is 140 cm³/mol. The highest BCUT2D eigenvalue weighted by Gasteiger charge is 2.20. The molecule has 1 aliphatic rings. The SMILES string of the molecule is CCCCCc1ccc(-c2ccc(CCCCC3CCC(CCCCC)CC3)cc2)nc1. The molecule has 1 aromatic carbocycles. The van der Waals surface area contributed by atoms with E-state index in [-0.39, 0.29) is 0 Å². The molecule has 1 nitrogen and oxygen atoms in total. The lowest BCUT2D eigenvalue weighted by Crippen LogP contribution is -2.14. The molecular formula is C31H47N. The van der Waals surface area contributed by atoms with Crippen molar-refractivity contribution >= 4 is 0 Å². The van der Waals surface area contributed by atoms with Crippen molar-refractivity contribution in [3.63, 3.8) is 0 Å². The minimum atomic E-state index is 1.01. The third kappa shape index (κ3) is 8.72. The topological polar surface area (TPSA) is 12.9 Å². The first-order chi connectivity index (χ1) is 15.8. The number of aromatic nitrogens is 1. The van der Waals surface area contributed by atoms with Gasteiger partial charge in [-0.1, -0.05) is 121 Å². The van der Waals surface area contributed by atoms with Crippen LogP contribution in [0.25, 0.3) is 11.3 Å². The molecule has 0 radical (unpaired) electrons. The molecule has 0 amide bonds. The van der Waals surface area contributed by atoms with E-state index in [0.29, 0.717) is 0 Å². The summed E-state index contributed by atoms with van der Waals surface area (Å²) in [5.74, 6) is 2.05. The van der Waals surface area contributed by atoms with Gasteiger partial charge in [0.1, 0.15) is 0 Å². The Morgan fingerprint density at radius 3 is 1.75 bits per heavy atom. The van der Waals surface area contributed by atoms with Gasteiger partial charge in [-0.05, 0) is 54.7 Å². The Morgan fingerprint density at radius 1 is 0.625 bits per heavy atom. The second-order valence-corrected chi connectivity index (χ2v) is 10.3. The van der Waals surface area contributed by atoms with E-state index >= 15 is 0 Å². The molecule has 0 saturated heterocycles. The van der Waals surface area contributed by atoms with Gasteiger partial charge in [0, 0.05) is 11.8 Å². The summed E-state index contributed by atoms with van der Waals surface area (Å²) in [4.78, 5) is 4.71. The zero-order valence-corrected chi connectivity index (χ0v) is 21.0. The van der Waals surface area contributed by atoms with E-state index in [4.69, 9.17) is 4.98 Å². The van der Waals surface area contributed by atoms with Gasteiger partial charge in [0.2, 0.25) is 0 Å². The largest absolute Gasteiger partial charge is 0.256 e. The average Bonchev–Trinajstić information content (AvgIpc) is 2.84. The lowest BCUT2D eigenvalue weighted by Gasteiger charge is -2.28. The van der Waals surface area contributed by atoms with Crippen LogP contribution in [0.15, 0.2) is 42.6 Å². The third-order valence-electron chi connectivity index (χ3n) is 7.65. The zero-order chi connectivity index (χ0) is 22.4. The first kappa shape index (κ1) is 25.0. The summed E-state index contributed by atoms with van der Waals surface area (Å²) in [6.07, 6.45) is 24.2. The van der Waals surface area contributed by atoms with Crippen LogP contribution in [0, 0.1) is 11.8 Å². The minimum absolute atomic E-state index is 1.01. The van der Waals surface area contributed by atoms with E-state index in [1.165, 1.54) is 113 Å². The Morgan fingerprint density at radius 2 is 1.16 bits per heavy atom. The Labute approximate surface area is 198 Å². The highest BCUT2D eigenvalue weighted by atomic mass is 14.7. The number of benzene rings is 1. The molecule has 0 unspecified atom stereocenters. The number of unbranched alkanes of at least 4 members (excludes halogenated alkanes) is 5. The summed E-state index contributed by atoms with van der Waals surface area (Å²) < 4.78 is 0. The molecule has 0 spiro atoms. The molecular weight excluding hydrogens is 386 g/mol. The lowest BCUT2D eigenvalue weighted by molar-refractivity contribution is 0.245. The first-order valence-electron chi connectivity index (χ1n) is 13.8. The maximum atomic E-state index is 4.71. The maximum Gasteiger partial charge on any atom is 0.0702 e. The van der Waals surface area contributed by atoms with E-state index in [1.807, 2.05) is 0 Å². The highest BCUT2D eigenvalue weighted by Crippen LogP contribution is 2.34. The van der Waals surface area contributed by atoms with Crippen molar-refractivity contribution in [2.75, 3.05) is 0 Å². The monoisotopic (exact) mass is 433 g/mol. The van der Waals surface area contributed by atoms with Crippen molar-refractivity contribution in [3.8, 4) is 11.3 Å². The third-order valence-corrected chi connectivity index (χ3v) is 7.65. The summed E-state index contributed by atoms with van der Waals surface area (Å²) in [5.41, 5.74) is 5.18. The van der Waals surface area contributed by atoms with Crippen molar-refractivity contribution in [1.82, 2.24) is 4.98 Å². The van der Waals surface area contributed by atoms with Crippen molar-refractivity contribution in [2.24, 2.45) is 11.8 Å². The van der Waals surface area contributed by atoms with E-state index in [9.17, 15) is 0 Å². The Balaban J connectivity index is 1.32. The second-order valence-electron chi connectivity index (χ2n) is 10.3. The summed E-state index contributed by atoms with van der Waals surface area (Å²) in [7, 11) is 0. The van der Waals surface area contributed by atoms with Crippen LogP contribution in [0.3, 0.4) is 0 Å². The summed E-state index contributed by atoms with van der Waals surface area (Å²) in [6, 6.07) is 13.6. The number of aryl methyl sites for hydroxylation is 2. The zero-order valence-electron chi connectivity index (χ0n) is 21.0. The number of hydrogen-bond acceptors (Lipinski definition) is 1. The Hall–Kier alpha value is -1.63. The average molecular weight is 434 g/mol. The van der Waals surface area contributed by atoms with E-state index in [1.54, 1.807) is 0 Å². The fourth-order valence-corrected chi connectivity index (χ4v) is 5.42. The Kier molecular flexibility index (Phi) is 11.3. The molecule has 32 heavy (non-hydrogen) atoms. The van der Waals surface area contributed by atoms with E-state index in [2.05, 4.69) is 56.4 Å². The predicted octanol–water partition coefficient (Wildman–Crippen LogP) is 9.58. The number of pyridine rings is 1. The normalized spacial score (nSPS) is 18.7. The molecule has 0 bridgehead atoms. The van der Waals surface area contributed by atoms with E-state index < -0.39 is 0 Å². The highest BCUT2D eigenvalue weighted by molar-refractivity contribution is 5.59. The summed E-state index contributed by atoms with van der Waals surface area (Å²) in [6.45, 7) is 4.57.